The number of nitrogens with one attached hydrogen (secondary N) is 1. The molecule has 1 aromatic rings. The smallest absolute Gasteiger partial charge is 0.226 e. The number of nitro groups is 1. The average molecular weight is 469 g/mol. The number of hydrogen-bond donors (Lipinski definition) is 1. The quantitative estimate of drug-likeness (QED) is 0.347. The van der Waals surface area contributed by atoms with Gasteiger partial charge in [-0.15, -0.1) is 0 Å². The maximum atomic E-state index is 11.5. The molecule has 180 valence electrons. The van der Waals surface area contributed by atoms with Crippen LogP contribution < -0.4 is 10.1 Å². The predicted molar refractivity (Wildman–Crippen MR) is 123 cm³/mol. The van der Waals surface area contributed by atoms with E-state index in [4.69, 9.17) is 23.4 Å². The highest BCUT2D eigenvalue weighted by Crippen LogP contribution is 2.44. The van der Waals surface area contributed by atoms with Gasteiger partial charge in [-0.2, -0.15) is 0 Å². The lowest BCUT2D eigenvalue weighted by Gasteiger charge is -2.39. The van der Waals surface area contributed by atoms with E-state index in [0.29, 0.717) is 5.75 Å². The zero-order chi connectivity index (χ0) is 23.9. The molecule has 9 nitrogen and oxygen atoms in total. The van der Waals surface area contributed by atoms with Crippen LogP contribution in [-0.2, 0) is 18.6 Å². The third-order valence-electron chi connectivity index (χ3n) is 6.45. The van der Waals surface area contributed by atoms with Crippen LogP contribution in [0.1, 0.15) is 34.6 Å². The molecule has 1 aromatic carbocycles. The predicted octanol–water partition coefficient (Wildman–Crippen LogP) is 4.02. The van der Waals surface area contributed by atoms with Gasteiger partial charge in [-0.1, -0.05) is 20.8 Å². The number of rotatable bonds is 8. The third kappa shape index (κ3) is 5.42. The van der Waals surface area contributed by atoms with Gasteiger partial charge in [0.05, 0.1) is 7.11 Å². The molecule has 3 rings (SSSR count). The zero-order valence-electron chi connectivity index (χ0n) is 20.2. The molecule has 0 saturated carbocycles. The summed E-state index contributed by atoms with van der Waals surface area (Å²) in [6.45, 7) is 14.1. The Hall–Kier alpha value is -1.72. The van der Waals surface area contributed by atoms with E-state index >= 15 is 0 Å². The fourth-order valence-corrected chi connectivity index (χ4v) is 4.89. The first-order valence-electron chi connectivity index (χ1n) is 10.9. The second-order valence-corrected chi connectivity index (χ2v) is 15.2. The van der Waals surface area contributed by atoms with Gasteiger partial charge in [0.25, 0.3) is 0 Å². The van der Waals surface area contributed by atoms with E-state index in [1.807, 2.05) is 26.0 Å². The molecule has 0 bridgehead atoms. The van der Waals surface area contributed by atoms with E-state index in [1.54, 1.807) is 19.2 Å². The van der Waals surface area contributed by atoms with Gasteiger partial charge in [0, 0.05) is 10.6 Å². The average Bonchev–Trinajstić information content (AvgIpc) is 3.14. The van der Waals surface area contributed by atoms with Crippen molar-refractivity contribution in [1.29, 1.82) is 0 Å². The van der Waals surface area contributed by atoms with Crippen LogP contribution in [0.25, 0.3) is 0 Å². The van der Waals surface area contributed by atoms with Gasteiger partial charge in [-0.05, 0) is 56.2 Å². The van der Waals surface area contributed by atoms with Crippen LogP contribution in [0.2, 0.25) is 18.1 Å². The van der Waals surface area contributed by atoms with Crippen LogP contribution in [0.15, 0.2) is 24.3 Å². The Kier molecular flexibility index (Phi) is 6.93. The Balaban J connectivity index is 1.86. The molecule has 2 saturated heterocycles. The molecule has 0 amide bonds. The van der Waals surface area contributed by atoms with Crippen molar-refractivity contribution in [2.75, 3.05) is 19.0 Å². The number of hydrogen-bond acceptors (Lipinski definition) is 8. The Bertz CT molecular complexity index is 809. The summed E-state index contributed by atoms with van der Waals surface area (Å²) < 4.78 is 30.3. The summed E-state index contributed by atoms with van der Waals surface area (Å²) >= 11 is 0. The minimum Gasteiger partial charge on any atom is -0.497 e. The molecule has 10 heteroatoms. The van der Waals surface area contributed by atoms with Crippen molar-refractivity contribution < 1.29 is 28.3 Å². The molecule has 5 unspecified atom stereocenters. The van der Waals surface area contributed by atoms with E-state index in [-0.39, 0.29) is 16.5 Å². The Labute approximate surface area is 191 Å². The van der Waals surface area contributed by atoms with Crippen LogP contribution in [0, 0.1) is 10.1 Å². The van der Waals surface area contributed by atoms with Gasteiger partial charge in [-0.25, -0.2) is 0 Å². The monoisotopic (exact) mass is 468 g/mol. The molecular formula is C22H36N2O7Si. The van der Waals surface area contributed by atoms with Crippen molar-refractivity contribution in [1.82, 2.24) is 0 Å². The van der Waals surface area contributed by atoms with E-state index in [0.717, 1.165) is 5.69 Å². The third-order valence-corrected chi connectivity index (χ3v) is 10.9. The van der Waals surface area contributed by atoms with Crippen molar-refractivity contribution in [2.24, 2.45) is 0 Å². The molecule has 1 N–H and O–H groups in total. The maximum absolute atomic E-state index is 11.5. The van der Waals surface area contributed by atoms with Crippen molar-refractivity contribution >= 4 is 14.0 Å². The minimum atomic E-state index is -2.19. The lowest BCUT2D eigenvalue weighted by molar-refractivity contribution is -0.484. The molecule has 2 aliphatic heterocycles. The lowest BCUT2D eigenvalue weighted by atomic mass is 10.0. The van der Waals surface area contributed by atoms with Crippen LogP contribution >= 0.6 is 0 Å². The lowest BCUT2D eigenvalue weighted by Crippen LogP contribution is -2.47. The second kappa shape index (κ2) is 8.90. The van der Waals surface area contributed by atoms with Gasteiger partial charge < -0.3 is 28.7 Å². The first-order valence-corrected chi connectivity index (χ1v) is 13.8. The first-order chi connectivity index (χ1) is 14.7. The fraction of sp³-hybridized carbons (Fsp3) is 0.727. The standard InChI is InChI=1S/C22H36N2O7Si/c1-21(2,3)32(7,8)31-20-19-18(29-22(4,5)30-19)17(28-20)16(13-24(25)26)23-14-9-11-15(27-6)12-10-14/h9-12,16-20,23H,13H2,1-8H3. The van der Waals surface area contributed by atoms with E-state index in [9.17, 15) is 10.1 Å². The molecule has 2 fully saturated rings. The van der Waals surface area contributed by atoms with Crippen molar-refractivity contribution in [2.45, 2.75) is 89.2 Å². The highest BCUT2D eigenvalue weighted by atomic mass is 28.4. The van der Waals surface area contributed by atoms with E-state index in [1.165, 1.54) is 0 Å². The van der Waals surface area contributed by atoms with Gasteiger partial charge >= 0.3 is 0 Å². The van der Waals surface area contributed by atoms with Crippen molar-refractivity contribution in [3.8, 4) is 5.75 Å². The summed E-state index contributed by atoms with van der Waals surface area (Å²) in [6.07, 6.45) is -2.23. The molecule has 32 heavy (non-hydrogen) atoms. The minimum absolute atomic E-state index is 0.0273. The van der Waals surface area contributed by atoms with Crippen LogP contribution in [0.4, 0.5) is 5.69 Å². The topological polar surface area (TPSA) is 101 Å². The highest BCUT2D eigenvalue weighted by molar-refractivity contribution is 6.74. The molecule has 0 aliphatic carbocycles. The van der Waals surface area contributed by atoms with Crippen LogP contribution in [0.5, 0.6) is 5.75 Å². The molecule has 5 atom stereocenters. The first kappa shape index (κ1) is 24.9. The summed E-state index contributed by atoms with van der Waals surface area (Å²) in [5, 5.41) is 14.7. The summed E-state index contributed by atoms with van der Waals surface area (Å²) in [6, 6.07) is 6.59. The number of ether oxygens (including phenoxy) is 4. The largest absolute Gasteiger partial charge is 0.497 e. The summed E-state index contributed by atoms with van der Waals surface area (Å²) in [5.41, 5.74) is 0.727. The maximum Gasteiger partial charge on any atom is 0.226 e. The number of anilines is 1. The number of nitrogens with zero attached hydrogens (tertiary/aromatic N) is 1. The van der Waals surface area contributed by atoms with Crippen LogP contribution in [-0.4, -0.2) is 63.3 Å². The van der Waals surface area contributed by atoms with E-state index < -0.39 is 44.7 Å². The van der Waals surface area contributed by atoms with Gasteiger partial charge in [0.15, 0.2) is 20.4 Å². The molecule has 2 aliphatic rings. The highest BCUT2D eigenvalue weighted by Gasteiger charge is 2.59. The van der Waals surface area contributed by atoms with Gasteiger partial charge in [0.1, 0.15) is 30.1 Å². The summed E-state index contributed by atoms with van der Waals surface area (Å²) in [7, 11) is -0.596. The van der Waals surface area contributed by atoms with Gasteiger partial charge in [0.2, 0.25) is 6.54 Å². The summed E-state index contributed by atoms with van der Waals surface area (Å²) in [5.74, 6) is -0.123. The van der Waals surface area contributed by atoms with Crippen molar-refractivity contribution in [3.63, 3.8) is 0 Å². The Morgan fingerprint density at radius 1 is 1.19 bits per heavy atom. The molecule has 0 radical (unpaired) electrons. The fourth-order valence-electron chi connectivity index (χ4n) is 3.77. The molecule has 0 aromatic heterocycles. The normalized spacial score (nSPS) is 28.2. The Morgan fingerprint density at radius 2 is 1.78 bits per heavy atom. The van der Waals surface area contributed by atoms with Crippen LogP contribution in [0.3, 0.4) is 0 Å². The number of fused-ring (bicyclic) bond motifs is 1. The van der Waals surface area contributed by atoms with Gasteiger partial charge in [-0.3, -0.25) is 10.1 Å². The SMILES string of the molecule is COc1ccc(NC(C[N+](=O)[O-])C2OC(O[Si](C)(C)C(C)(C)C)C3OC(C)(C)OC23)cc1. The van der Waals surface area contributed by atoms with Crippen molar-refractivity contribution in [3.05, 3.63) is 34.4 Å². The summed E-state index contributed by atoms with van der Waals surface area (Å²) in [4.78, 5) is 11.2. The Morgan fingerprint density at radius 3 is 2.31 bits per heavy atom. The number of methoxy groups -OCH3 is 1. The zero-order valence-corrected chi connectivity index (χ0v) is 21.2. The number of benzene rings is 1. The molecular weight excluding hydrogens is 432 g/mol. The molecule has 0 spiro atoms. The molecule has 2 heterocycles. The second-order valence-electron chi connectivity index (χ2n) is 10.4. The van der Waals surface area contributed by atoms with E-state index in [2.05, 4.69) is 39.2 Å².